The molecule has 40 heavy (non-hydrogen) atoms. The van der Waals surface area contributed by atoms with Gasteiger partial charge in [-0.05, 0) is 56.2 Å². The summed E-state index contributed by atoms with van der Waals surface area (Å²) < 4.78 is 25.1. The van der Waals surface area contributed by atoms with E-state index in [1.54, 1.807) is 20.4 Å². The number of methoxy groups -OCH3 is 2. The molecular weight excluding hydrogens is 530 g/mol. The molecule has 4 N–H and O–H groups in total. The van der Waals surface area contributed by atoms with Crippen LogP contribution in [0.3, 0.4) is 0 Å². The molecule has 0 radical (unpaired) electrons. The van der Waals surface area contributed by atoms with Crippen molar-refractivity contribution >= 4 is 11.6 Å². The van der Waals surface area contributed by atoms with E-state index in [9.17, 15) is 5.11 Å². The third kappa shape index (κ3) is 7.31. The molecule has 1 aliphatic rings. The van der Waals surface area contributed by atoms with Crippen LogP contribution in [-0.4, -0.2) is 49.3 Å². The monoisotopic (exact) mass is 571 g/mol. The molecule has 3 aromatic rings. The first-order chi connectivity index (χ1) is 19.4. The second-order valence-electron chi connectivity index (χ2n) is 9.46. The first-order valence-corrected chi connectivity index (χ1v) is 14.0. The van der Waals surface area contributed by atoms with E-state index < -0.39 is 5.60 Å². The lowest BCUT2D eigenvalue weighted by Crippen LogP contribution is -2.36. The Kier molecular flexibility index (Phi) is 11.8. The molecule has 1 atom stereocenters. The van der Waals surface area contributed by atoms with Gasteiger partial charge in [-0.15, -0.1) is 0 Å². The number of nitrogens with zero attached hydrogens (tertiary/aromatic N) is 1. The first kappa shape index (κ1) is 31.4. The molecule has 1 unspecified atom stereocenters. The standard InChI is InChI=1S/C20H18ClNO3.C11H24N2O2/c1-23-18-7-3-6-15(20(18)24-2)19-16-11-13(21)8-9-17(16)22-10-4-5-14(22)12-25-19;1-4-11(5-2,9-14)15-8-10(12)7-13-6-3/h3-11,19H,12H2,1-2H3;7,13-14H,4-6,8-9,12H2,1-3H3/b;10-7-. The van der Waals surface area contributed by atoms with Gasteiger partial charge in [-0.25, -0.2) is 0 Å². The molecule has 218 valence electrons. The number of aliphatic hydroxyl groups excluding tert-OH is 1. The molecule has 0 spiro atoms. The maximum atomic E-state index is 9.26. The largest absolute Gasteiger partial charge is 0.493 e. The number of hydrogen-bond donors (Lipinski definition) is 3. The van der Waals surface area contributed by atoms with Crippen LogP contribution in [0.5, 0.6) is 11.5 Å². The van der Waals surface area contributed by atoms with Crippen molar-refractivity contribution in [2.24, 2.45) is 5.73 Å². The van der Waals surface area contributed by atoms with Crippen LogP contribution in [0.2, 0.25) is 5.02 Å². The Balaban J connectivity index is 0.000000255. The van der Waals surface area contributed by atoms with Crippen LogP contribution in [0.4, 0.5) is 0 Å². The molecule has 0 saturated carbocycles. The van der Waals surface area contributed by atoms with Gasteiger partial charge < -0.3 is 39.7 Å². The molecule has 0 bridgehead atoms. The fourth-order valence-electron chi connectivity index (χ4n) is 4.59. The Bertz CT molecular complexity index is 1250. The molecule has 8 nitrogen and oxygen atoms in total. The smallest absolute Gasteiger partial charge is 0.166 e. The highest BCUT2D eigenvalue weighted by molar-refractivity contribution is 6.30. The fourth-order valence-corrected chi connectivity index (χ4v) is 4.77. The minimum Gasteiger partial charge on any atom is -0.493 e. The van der Waals surface area contributed by atoms with Gasteiger partial charge in [0, 0.05) is 40.8 Å². The zero-order chi connectivity index (χ0) is 29.1. The SMILES string of the molecule is CCN/C=C(\N)COC(CC)(CC)CO.COc1cccc(C2OCc3cccn3-c3ccc(Cl)cc32)c1OC. The lowest BCUT2D eigenvalue weighted by molar-refractivity contribution is -0.0758. The summed E-state index contributed by atoms with van der Waals surface area (Å²) in [5.41, 5.74) is 9.98. The Labute approximate surface area is 242 Å². The van der Waals surface area contributed by atoms with Crippen molar-refractivity contribution in [3.63, 3.8) is 0 Å². The third-order valence-corrected chi connectivity index (χ3v) is 7.33. The second kappa shape index (κ2) is 15.0. The van der Waals surface area contributed by atoms with E-state index in [0.717, 1.165) is 41.9 Å². The Hall–Kier alpha value is -3.17. The van der Waals surface area contributed by atoms with Gasteiger partial charge in [-0.1, -0.05) is 37.6 Å². The van der Waals surface area contributed by atoms with Crippen LogP contribution in [0.15, 0.2) is 66.6 Å². The number of fused-ring (bicyclic) bond motifs is 3. The molecular formula is C31H42ClN3O5. The highest BCUT2D eigenvalue weighted by atomic mass is 35.5. The minimum absolute atomic E-state index is 0.0362. The maximum Gasteiger partial charge on any atom is 0.166 e. The molecule has 9 heteroatoms. The Morgan fingerprint density at radius 1 is 1.12 bits per heavy atom. The van der Waals surface area contributed by atoms with Gasteiger partial charge in [-0.2, -0.15) is 0 Å². The molecule has 4 rings (SSSR count). The number of nitrogens with two attached hydrogens (primary N) is 1. The predicted molar refractivity (Wildman–Crippen MR) is 159 cm³/mol. The number of hydrogen-bond acceptors (Lipinski definition) is 7. The summed E-state index contributed by atoms with van der Waals surface area (Å²) in [6, 6.07) is 15.8. The van der Waals surface area contributed by atoms with Crippen LogP contribution >= 0.6 is 11.6 Å². The summed E-state index contributed by atoms with van der Waals surface area (Å²) in [6.45, 7) is 7.73. The van der Waals surface area contributed by atoms with Gasteiger partial charge in [0.15, 0.2) is 11.5 Å². The molecule has 2 aromatic carbocycles. The van der Waals surface area contributed by atoms with Crippen molar-refractivity contribution < 1.29 is 24.1 Å². The average molecular weight is 572 g/mol. The number of aliphatic hydroxyl groups is 1. The minimum atomic E-state index is -0.440. The number of aromatic nitrogens is 1. The number of nitrogens with one attached hydrogen (secondary N) is 1. The highest BCUT2D eigenvalue weighted by Gasteiger charge is 2.28. The fraction of sp³-hybridized carbons (Fsp3) is 0.419. The van der Waals surface area contributed by atoms with E-state index in [0.29, 0.717) is 35.4 Å². The zero-order valence-electron chi connectivity index (χ0n) is 24.1. The number of rotatable bonds is 11. The first-order valence-electron chi connectivity index (χ1n) is 13.6. The zero-order valence-corrected chi connectivity index (χ0v) is 24.8. The van der Waals surface area contributed by atoms with E-state index in [1.165, 1.54) is 0 Å². The van der Waals surface area contributed by atoms with Gasteiger partial charge >= 0.3 is 0 Å². The summed E-state index contributed by atoms with van der Waals surface area (Å²) in [5.74, 6) is 1.35. The molecule has 1 aliphatic heterocycles. The molecule has 0 amide bonds. The van der Waals surface area contributed by atoms with E-state index in [2.05, 4.69) is 16.0 Å². The third-order valence-electron chi connectivity index (χ3n) is 7.09. The average Bonchev–Trinajstić information content (AvgIpc) is 3.40. The lowest BCUT2D eigenvalue weighted by Gasteiger charge is -2.29. The van der Waals surface area contributed by atoms with Gasteiger partial charge in [0.05, 0.1) is 51.0 Å². The number of ether oxygens (including phenoxy) is 4. The molecule has 1 aromatic heterocycles. The van der Waals surface area contributed by atoms with Crippen LogP contribution in [0.1, 0.15) is 56.5 Å². The normalized spacial score (nSPS) is 14.8. The van der Waals surface area contributed by atoms with Gasteiger partial charge in [-0.3, -0.25) is 0 Å². The second-order valence-corrected chi connectivity index (χ2v) is 9.90. The van der Waals surface area contributed by atoms with Gasteiger partial charge in [0.25, 0.3) is 0 Å². The van der Waals surface area contributed by atoms with Crippen molar-refractivity contribution in [3.8, 4) is 17.2 Å². The molecule has 0 fully saturated rings. The van der Waals surface area contributed by atoms with E-state index in [1.807, 2.05) is 69.4 Å². The molecule has 0 aliphatic carbocycles. The highest BCUT2D eigenvalue weighted by Crippen LogP contribution is 2.43. The Morgan fingerprint density at radius 2 is 1.90 bits per heavy atom. The van der Waals surface area contributed by atoms with Crippen molar-refractivity contribution in [2.45, 2.75) is 51.9 Å². The summed E-state index contributed by atoms with van der Waals surface area (Å²) in [4.78, 5) is 0. The summed E-state index contributed by atoms with van der Waals surface area (Å²) in [7, 11) is 3.27. The number of halogens is 1. The van der Waals surface area contributed by atoms with Crippen LogP contribution in [0, 0.1) is 0 Å². The van der Waals surface area contributed by atoms with Crippen molar-refractivity contribution in [1.82, 2.24) is 9.88 Å². The quantitative estimate of drug-likeness (QED) is 0.270. The van der Waals surface area contributed by atoms with E-state index >= 15 is 0 Å². The predicted octanol–water partition coefficient (Wildman–Crippen LogP) is 5.73. The summed E-state index contributed by atoms with van der Waals surface area (Å²) >= 11 is 6.30. The van der Waals surface area contributed by atoms with Gasteiger partial charge in [0.1, 0.15) is 6.10 Å². The van der Waals surface area contributed by atoms with Crippen molar-refractivity contribution in [3.05, 3.63) is 88.5 Å². The maximum absolute atomic E-state index is 9.26. The topological polar surface area (TPSA) is 100 Å². The summed E-state index contributed by atoms with van der Waals surface area (Å²) in [6.07, 6.45) is 5.05. The lowest BCUT2D eigenvalue weighted by atomic mass is 9.98. The van der Waals surface area contributed by atoms with Crippen molar-refractivity contribution in [1.29, 1.82) is 0 Å². The molecule has 2 heterocycles. The Morgan fingerprint density at radius 3 is 2.55 bits per heavy atom. The summed E-state index contributed by atoms with van der Waals surface area (Å²) in [5, 5.41) is 12.9. The number of benzene rings is 2. The molecule has 0 saturated heterocycles. The van der Waals surface area contributed by atoms with Crippen LogP contribution in [-0.2, 0) is 16.1 Å². The van der Waals surface area contributed by atoms with Crippen molar-refractivity contribution in [2.75, 3.05) is 34.0 Å². The van der Waals surface area contributed by atoms with E-state index in [4.69, 9.17) is 36.3 Å². The van der Waals surface area contributed by atoms with E-state index in [-0.39, 0.29) is 12.7 Å². The van der Waals surface area contributed by atoms with Gasteiger partial charge in [0.2, 0.25) is 0 Å². The van der Waals surface area contributed by atoms with Crippen LogP contribution in [0.25, 0.3) is 5.69 Å². The number of para-hydroxylation sites is 1. The van der Waals surface area contributed by atoms with Crippen LogP contribution < -0.4 is 20.5 Å².